The number of hydrogen-bond acceptors (Lipinski definition) is 4. The highest BCUT2D eigenvalue weighted by Gasteiger charge is 2.03. The van der Waals surface area contributed by atoms with Crippen molar-refractivity contribution in [3.63, 3.8) is 0 Å². The zero-order valence-corrected chi connectivity index (χ0v) is 7.26. The zero-order chi connectivity index (χ0) is 8.27. The first-order valence-electron chi connectivity index (χ1n) is 3.03. The molecule has 0 radical (unpaired) electrons. The van der Waals surface area contributed by atoms with Gasteiger partial charge in [0.1, 0.15) is 12.0 Å². The number of aromatic nitrogens is 2. The molecule has 0 fully saturated rings. The van der Waals surface area contributed by atoms with Crippen molar-refractivity contribution in [2.24, 2.45) is 5.84 Å². The van der Waals surface area contributed by atoms with E-state index in [0.29, 0.717) is 0 Å². The number of carbonyl (C=O) groups excluding carboxylic acids is 1. The minimum Gasteiger partial charge on any atom is -0.289 e. The summed E-state index contributed by atoms with van der Waals surface area (Å²) in [5, 5.41) is 0. The second-order valence-corrected chi connectivity index (χ2v) is 2.02. The maximum absolute atomic E-state index is 10.8. The Morgan fingerprint density at radius 3 is 2.75 bits per heavy atom. The number of carbonyl (C=O) groups is 1. The Bertz CT molecular complexity index is 278. The number of nitrogens with zero attached hydrogens (tertiary/aromatic N) is 2. The molecule has 6 heteroatoms. The molecule has 1 aromatic heterocycles. The second kappa shape index (κ2) is 4.63. The number of hydrogen-bond donors (Lipinski definition) is 2. The highest BCUT2D eigenvalue weighted by Crippen LogP contribution is 1.94. The van der Waals surface area contributed by atoms with Crippen LogP contribution in [0.1, 0.15) is 16.2 Å². The predicted molar refractivity (Wildman–Crippen MR) is 45.7 cm³/mol. The number of halogens is 1. The van der Waals surface area contributed by atoms with Gasteiger partial charge < -0.3 is 0 Å². The Morgan fingerprint density at radius 1 is 1.58 bits per heavy atom. The molecule has 0 saturated heterocycles. The summed E-state index contributed by atoms with van der Waals surface area (Å²) in [5.74, 6) is 4.49. The number of aryl methyl sites for hydroxylation is 1. The molecule has 0 unspecified atom stereocenters. The highest BCUT2D eigenvalue weighted by atomic mass is 35.5. The molecule has 5 nitrogen and oxygen atoms in total. The summed E-state index contributed by atoms with van der Waals surface area (Å²) < 4.78 is 0. The third kappa shape index (κ3) is 2.44. The van der Waals surface area contributed by atoms with Crippen molar-refractivity contribution in [1.29, 1.82) is 0 Å². The van der Waals surface area contributed by atoms with Gasteiger partial charge >= 0.3 is 0 Å². The molecule has 0 atom stereocenters. The second-order valence-electron chi connectivity index (χ2n) is 2.02. The Labute approximate surface area is 75.8 Å². The summed E-state index contributed by atoms with van der Waals surface area (Å²) in [4.78, 5) is 18.4. The van der Waals surface area contributed by atoms with E-state index in [1.54, 1.807) is 13.0 Å². The molecule has 0 bridgehead atoms. The van der Waals surface area contributed by atoms with Crippen molar-refractivity contribution in [2.45, 2.75) is 6.92 Å². The summed E-state index contributed by atoms with van der Waals surface area (Å²) in [6.45, 7) is 1.77. The van der Waals surface area contributed by atoms with Crippen LogP contribution >= 0.6 is 12.4 Å². The SMILES string of the molecule is Cc1cc(C(=O)NN)ncn1.Cl. The molecule has 0 spiro atoms. The first kappa shape index (κ1) is 10.8. The van der Waals surface area contributed by atoms with Crippen LogP contribution in [0, 0.1) is 6.92 Å². The topological polar surface area (TPSA) is 80.9 Å². The molecule has 12 heavy (non-hydrogen) atoms. The van der Waals surface area contributed by atoms with Crippen LogP contribution in [0.2, 0.25) is 0 Å². The Balaban J connectivity index is 0.00000121. The van der Waals surface area contributed by atoms with E-state index in [1.165, 1.54) is 6.33 Å². The van der Waals surface area contributed by atoms with E-state index >= 15 is 0 Å². The largest absolute Gasteiger partial charge is 0.289 e. The average molecular weight is 189 g/mol. The molecule has 3 N–H and O–H groups in total. The van der Waals surface area contributed by atoms with Gasteiger partial charge in [0, 0.05) is 5.69 Å². The molecule has 1 amide bonds. The fraction of sp³-hybridized carbons (Fsp3) is 0.167. The first-order valence-corrected chi connectivity index (χ1v) is 3.03. The number of nitrogens with two attached hydrogens (primary N) is 1. The quantitative estimate of drug-likeness (QED) is 0.364. The third-order valence-corrected chi connectivity index (χ3v) is 1.17. The predicted octanol–water partition coefficient (Wildman–Crippen LogP) is -0.190. The highest BCUT2D eigenvalue weighted by molar-refractivity contribution is 5.91. The maximum atomic E-state index is 10.8. The maximum Gasteiger partial charge on any atom is 0.283 e. The molecule has 1 heterocycles. The molecule has 66 valence electrons. The van der Waals surface area contributed by atoms with Crippen LogP contribution < -0.4 is 11.3 Å². The van der Waals surface area contributed by atoms with E-state index in [9.17, 15) is 4.79 Å². The van der Waals surface area contributed by atoms with Crippen molar-refractivity contribution in [3.05, 3.63) is 23.8 Å². The van der Waals surface area contributed by atoms with Crippen molar-refractivity contribution >= 4 is 18.3 Å². The van der Waals surface area contributed by atoms with Gasteiger partial charge in [-0.3, -0.25) is 10.2 Å². The molecule has 0 aliphatic rings. The lowest BCUT2D eigenvalue weighted by Gasteiger charge is -1.97. The van der Waals surface area contributed by atoms with E-state index in [-0.39, 0.29) is 18.1 Å². The molecule has 0 aliphatic carbocycles. The summed E-state index contributed by atoms with van der Waals surface area (Å²) in [5.41, 5.74) is 2.99. The smallest absolute Gasteiger partial charge is 0.283 e. The fourth-order valence-corrected chi connectivity index (χ4v) is 0.653. The van der Waals surface area contributed by atoms with Gasteiger partial charge in [0.15, 0.2) is 0 Å². The Kier molecular flexibility index (Phi) is 4.17. The Hall–Kier alpha value is -1.20. The summed E-state index contributed by atoms with van der Waals surface area (Å²) >= 11 is 0. The van der Waals surface area contributed by atoms with Crippen molar-refractivity contribution in [1.82, 2.24) is 15.4 Å². The van der Waals surface area contributed by atoms with Gasteiger partial charge in [-0.15, -0.1) is 12.4 Å². The van der Waals surface area contributed by atoms with Gasteiger partial charge in [-0.2, -0.15) is 0 Å². The molecular weight excluding hydrogens is 180 g/mol. The molecule has 0 aliphatic heterocycles. The van der Waals surface area contributed by atoms with Crippen LogP contribution in [0.4, 0.5) is 0 Å². The van der Waals surface area contributed by atoms with Gasteiger partial charge in [-0.1, -0.05) is 0 Å². The summed E-state index contributed by atoms with van der Waals surface area (Å²) in [6.07, 6.45) is 1.32. The standard InChI is InChI=1S/C6H8N4O.ClH/c1-4-2-5(6(11)10-7)9-3-8-4;/h2-3H,7H2,1H3,(H,10,11);1H. The van der Waals surface area contributed by atoms with Gasteiger partial charge in [-0.05, 0) is 13.0 Å². The lowest BCUT2D eigenvalue weighted by molar-refractivity contribution is 0.0948. The molecule has 1 aromatic rings. The van der Waals surface area contributed by atoms with Gasteiger partial charge in [0.05, 0.1) is 0 Å². The number of nitrogens with one attached hydrogen (secondary N) is 1. The van der Waals surface area contributed by atoms with Gasteiger partial charge in [0.25, 0.3) is 5.91 Å². The normalized spacial score (nSPS) is 8.50. The van der Waals surface area contributed by atoms with Crippen LogP contribution in [-0.2, 0) is 0 Å². The summed E-state index contributed by atoms with van der Waals surface area (Å²) in [6, 6.07) is 1.56. The van der Waals surface area contributed by atoms with E-state index in [2.05, 4.69) is 9.97 Å². The minimum atomic E-state index is -0.407. The summed E-state index contributed by atoms with van der Waals surface area (Å²) in [7, 11) is 0. The number of hydrazine groups is 1. The van der Waals surface area contributed by atoms with Crippen LogP contribution in [0.25, 0.3) is 0 Å². The first-order chi connectivity index (χ1) is 5.24. The molecule has 1 rings (SSSR count). The van der Waals surface area contributed by atoms with Crippen LogP contribution in [0.3, 0.4) is 0 Å². The number of nitrogen functional groups attached to an aromatic ring is 1. The lowest BCUT2D eigenvalue weighted by Crippen LogP contribution is -2.30. The molecule has 0 saturated carbocycles. The lowest BCUT2D eigenvalue weighted by atomic mass is 10.3. The van der Waals surface area contributed by atoms with E-state index in [1.807, 2.05) is 5.43 Å². The van der Waals surface area contributed by atoms with Crippen molar-refractivity contribution < 1.29 is 4.79 Å². The van der Waals surface area contributed by atoms with Crippen molar-refractivity contribution in [3.8, 4) is 0 Å². The molecular formula is C6H9ClN4O. The van der Waals surface area contributed by atoms with Gasteiger partial charge in [0.2, 0.25) is 0 Å². The number of amides is 1. The Morgan fingerprint density at radius 2 is 2.25 bits per heavy atom. The van der Waals surface area contributed by atoms with Crippen LogP contribution in [0.5, 0.6) is 0 Å². The van der Waals surface area contributed by atoms with Crippen LogP contribution in [0.15, 0.2) is 12.4 Å². The van der Waals surface area contributed by atoms with E-state index in [4.69, 9.17) is 5.84 Å². The third-order valence-electron chi connectivity index (χ3n) is 1.17. The average Bonchev–Trinajstić information content (AvgIpc) is 2.03. The van der Waals surface area contributed by atoms with E-state index in [0.717, 1.165) is 5.69 Å². The zero-order valence-electron chi connectivity index (χ0n) is 6.44. The minimum absolute atomic E-state index is 0. The van der Waals surface area contributed by atoms with Gasteiger partial charge in [-0.25, -0.2) is 15.8 Å². The fourth-order valence-electron chi connectivity index (χ4n) is 0.653. The molecule has 0 aromatic carbocycles. The van der Waals surface area contributed by atoms with Crippen molar-refractivity contribution in [2.75, 3.05) is 0 Å². The van der Waals surface area contributed by atoms with Crippen LogP contribution in [-0.4, -0.2) is 15.9 Å². The monoisotopic (exact) mass is 188 g/mol. The number of rotatable bonds is 1. The van der Waals surface area contributed by atoms with E-state index < -0.39 is 5.91 Å².